The first-order valence-electron chi connectivity index (χ1n) is 6.45. The van der Waals surface area contributed by atoms with Crippen LogP contribution in [0.15, 0.2) is 59.1 Å². The van der Waals surface area contributed by atoms with Crippen molar-refractivity contribution in [3.05, 3.63) is 60.4 Å². The largest absolute Gasteiger partial charge is 0.496 e. The predicted octanol–water partition coefficient (Wildman–Crippen LogP) is 4.33. The van der Waals surface area contributed by atoms with Gasteiger partial charge >= 0.3 is 0 Å². The number of nitrogens with zero attached hydrogens (tertiary/aromatic N) is 1. The van der Waals surface area contributed by atoms with Crippen molar-refractivity contribution in [1.82, 2.24) is 5.16 Å². The Hall–Kier alpha value is -2.55. The van der Waals surface area contributed by atoms with E-state index >= 15 is 0 Å². The van der Waals surface area contributed by atoms with Gasteiger partial charge in [-0.3, -0.25) is 0 Å². The van der Waals surface area contributed by atoms with E-state index in [1.807, 2.05) is 43.3 Å². The Labute approximate surface area is 117 Å². The topological polar surface area (TPSA) is 35.3 Å². The maximum absolute atomic E-state index is 5.49. The highest BCUT2D eigenvalue weighted by Gasteiger charge is 2.16. The maximum Gasteiger partial charge on any atom is 0.134 e. The molecule has 0 aliphatic heterocycles. The summed E-state index contributed by atoms with van der Waals surface area (Å²) in [6.45, 7) is 1.88. The summed E-state index contributed by atoms with van der Waals surface area (Å²) in [5.41, 5.74) is 3.96. The number of methoxy groups -OCH3 is 1. The lowest BCUT2D eigenvalue weighted by Crippen LogP contribution is -1.91. The Kier molecular flexibility index (Phi) is 3.25. The van der Waals surface area contributed by atoms with Crippen LogP contribution < -0.4 is 4.74 Å². The van der Waals surface area contributed by atoms with Crippen LogP contribution in [0.25, 0.3) is 22.4 Å². The van der Waals surface area contributed by atoms with Crippen LogP contribution >= 0.6 is 0 Å². The maximum atomic E-state index is 5.49. The summed E-state index contributed by atoms with van der Waals surface area (Å²) in [6, 6.07) is 18.1. The van der Waals surface area contributed by atoms with E-state index in [2.05, 4.69) is 23.4 Å². The number of hydrogen-bond donors (Lipinski definition) is 0. The number of rotatable bonds is 3. The van der Waals surface area contributed by atoms with Crippen LogP contribution in [0.2, 0.25) is 0 Å². The zero-order valence-electron chi connectivity index (χ0n) is 11.5. The van der Waals surface area contributed by atoms with Crippen molar-refractivity contribution in [3.8, 4) is 28.1 Å². The van der Waals surface area contributed by atoms with Gasteiger partial charge in [0.15, 0.2) is 0 Å². The molecule has 1 heterocycles. The van der Waals surface area contributed by atoms with E-state index in [-0.39, 0.29) is 0 Å². The van der Waals surface area contributed by atoms with E-state index < -0.39 is 0 Å². The molecule has 2 aromatic carbocycles. The fourth-order valence-electron chi connectivity index (χ4n) is 2.31. The third-order valence-electron chi connectivity index (χ3n) is 3.22. The molecule has 0 saturated heterocycles. The summed E-state index contributed by atoms with van der Waals surface area (Å²) < 4.78 is 10.7. The summed E-state index contributed by atoms with van der Waals surface area (Å²) in [7, 11) is 1.67. The molecule has 0 N–H and O–H groups in total. The second-order valence-electron chi connectivity index (χ2n) is 4.57. The molecular weight excluding hydrogens is 250 g/mol. The van der Waals surface area contributed by atoms with E-state index in [1.165, 1.54) is 0 Å². The van der Waals surface area contributed by atoms with Crippen molar-refractivity contribution in [2.24, 2.45) is 0 Å². The third kappa shape index (κ3) is 2.18. The molecule has 20 heavy (non-hydrogen) atoms. The zero-order valence-corrected chi connectivity index (χ0v) is 11.5. The number of benzene rings is 2. The van der Waals surface area contributed by atoms with Gasteiger partial charge in [-0.25, -0.2) is 0 Å². The first kappa shape index (κ1) is 12.5. The van der Waals surface area contributed by atoms with Crippen LogP contribution in [0.1, 0.15) is 5.76 Å². The van der Waals surface area contributed by atoms with Crippen molar-refractivity contribution in [2.75, 3.05) is 7.11 Å². The van der Waals surface area contributed by atoms with Crippen LogP contribution in [0.4, 0.5) is 0 Å². The van der Waals surface area contributed by atoms with Gasteiger partial charge < -0.3 is 9.26 Å². The number of hydrogen-bond acceptors (Lipinski definition) is 3. The second-order valence-corrected chi connectivity index (χ2v) is 4.57. The Morgan fingerprint density at radius 1 is 1.00 bits per heavy atom. The van der Waals surface area contributed by atoms with Gasteiger partial charge in [-0.05, 0) is 24.1 Å². The Bertz CT molecular complexity index is 717. The fraction of sp³-hybridized carbons (Fsp3) is 0.118. The minimum absolute atomic E-state index is 0.782. The summed E-state index contributed by atoms with van der Waals surface area (Å²) in [6.07, 6.45) is 0. The normalized spacial score (nSPS) is 10.5. The van der Waals surface area contributed by atoms with Crippen LogP contribution in [0.5, 0.6) is 5.75 Å². The highest BCUT2D eigenvalue weighted by atomic mass is 16.5. The van der Waals surface area contributed by atoms with Gasteiger partial charge in [0.2, 0.25) is 0 Å². The molecule has 100 valence electrons. The molecule has 3 nitrogen and oxygen atoms in total. The van der Waals surface area contributed by atoms with E-state index in [1.54, 1.807) is 7.11 Å². The highest BCUT2D eigenvalue weighted by Crippen LogP contribution is 2.38. The summed E-state index contributed by atoms with van der Waals surface area (Å²) in [5, 5.41) is 4.13. The molecule has 0 amide bonds. The Morgan fingerprint density at radius 2 is 1.80 bits per heavy atom. The van der Waals surface area contributed by atoms with Crippen molar-refractivity contribution < 1.29 is 9.26 Å². The molecule has 0 radical (unpaired) electrons. The SMILES string of the molecule is COc1cccc(-c2ccccc2)c1-c1cc(C)on1. The van der Waals surface area contributed by atoms with Crippen molar-refractivity contribution in [2.45, 2.75) is 6.92 Å². The Balaban J connectivity index is 2.25. The van der Waals surface area contributed by atoms with E-state index in [0.29, 0.717) is 0 Å². The lowest BCUT2D eigenvalue weighted by Gasteiger charge is -2.12. The van der Waals surface area contributed by atoms with Gasteiger partial charge in [-0.15, -0.1) is 0 Å². The van der Waals surface area contributed by atoms with Crippen molar-refractivity contribution in [3.63, 3.8) is 0 Å². The van der Waals surface area contributed by atoms with Gasteiger partial charge in [-0.1, -0.05) is 47.6 Å². The second kappa shape index (κ2) is 5.21. The molecule has 0 aliphatic carbocycles. The molecule has 0 aliphatic rings. The van der Waals surface area contributed by atoms with Crippen LogP contribution in [0.3, 0.4) is 0 Å². The standard InChI is InChI=1S/C17H15NO2/c1-12-11-15(18-20-12)17-14(9-6-10-16(17)19-2)13-7-4-3-5-8-13/h3-11H,1-2H3. The summed E-state index contributed by atoms with van der Waals surface area (Å²) in [4.78, 5) is 0. The van der Waals surface area contributed by atoms with Gasteiger partial charge in [0.25, 0.3) is 0 Å². The molecule has 3 aromatic rings. The zero-order chi connectivity index (χ0) is 13.9. The van der Waals surface area contributed by atoms with Gasteiger partial charge in [0, 0.05) is 6.07 Å². The first-order valence-corrected chi connectivity index (χ1v) is 6.45. The lowest BCUT2D eigenvalue weighted by atomic mass is 9.96. The van der Waals surface area contributed by atoms with Crippen LogP contribution in [0, 0.1) is 6.92 Å². The van der Waals surface area contributed by atoms with Crippen LogP contribution in [-0.4, -0.2) is 12.3 Å². The molecule has 1 aromatic heterocycles. The predicted molar refractivity (Wildman–Crippen MR) is 78.7 cm³/mol. The molecular formula is C17H15NO2. The quantitative estimate of drug-likeness (QED) is 0.707. The molecule has 0 spiro atoms. The molecule has 0 bridgehead atoms. The molecule has 3 heteroatoms. The van der Waals surface area contributed by atoms with Crippen LogP contribution in [-0.2, 0) is 0 Å². The molecule has 0 unspecified atom stereocenters. The average molecular weight is 265 g/mol. The lowest BCUT2D eigenvalue weighted by molar-refractivity contribution is 0.397. The average Bonchev–Trinajstić information content (AvgIpc) is 2.93. The fourth-order valence-corrected chi connectivity index (χ4v) is 2.31. The number of ether oxygens (including phenoxy) is 1. The summed E-state index contributed by atoms with van der Waals surface area (Å²) >= 11 is 0. The number of aromatic nitrogens is 1. The molecule has 0 atom stereocenters. The number of aryl methyl sites for hydroxylation is 1. The molecule has 3 rings (SSSR count). The monoisotopic (exact) mass is 265 g/mol. The molecule has 0 fully saturated rings. The van der Waals surface area contributed by atoms with Crippen molar-refractivity contribution in [1.29, 1.82) is 0 Å². The van der Waals surface area contributed by atoms with Gasteiger partial charge in [0.1, 0.15) is 17.2 Å². The Morgan fingerprint density at radius 3 is 2.45 bits per heavy atom. The first-order chi connectivity index (χ1) is 9.79. The molecule has 0 saturated carbocycles. The summed E-state index contributed by atoms with van der Waals surface area (Å²) in [5.74, 6) is 1.57. The smallest absolute Gasteiger partial charge is 0.134 e. The van der Waals surface area contributed by atoms with E-state index in [4.69, 9.17) is 9.26 Å². The minimum atomic E-state index is 0.782. The van der Waals surface area contributed by atoms with Crippen molar-refractivity contribution >= 4 is 0 Å². The highest BCUT2D eigenvalue weighted by molar-refractivity contribution is 5.86. The third-order valence-corrected chi connectivity index (χ3v) is 3.22. The van der Waals surface area contributed by atoms with E-state index in [9.17, 15) is 0 Å². The van der Waals surface area contributed by atoms with E-state index in [0.717, 1.165) is 33.9 Å². The van der Waals surface area contributed by atoms with Gasteiger partial charge in [0.05, 0.1) is 12.7 Å². The minimum Gasteiger partial charge on any atom is -0.496 e. The van der Waals surface area contributed by atoms with Gasteiger partial charge in [-0.2, -0.15) is 0 Å².